The number of rotatable bonds is 8. The minimum absolute atomic E-state index is 0.0229. The topological polar surface area (TPSA) is 78.1 Å². The van der Waals surface area contributed by atoms with Gasteiger partial charge in [0.1, 0.15) is 0 Å². The van der Waals surface area contributed by atoms with Crippen molar-refractivity contribution < 1.29 is 8.42 Å². The van der Waals surface area contributed by atoms with E-state index < -0.39 is 10.0 Å². The summed E-state index contributed by atoms with van der Waals surface area (Å²) in [6, 6.07) is -0.0229. The third kappa shape index (κ3) is 3.77. The van der Waals surface area contributed by atoms with Crippen molar-refractivity contribution in [2.45, 2.75) is 51.2 Å². The Morgan fingerprint density at radius 1 is 1.47 bits per heavy atom. The molecule has 1 rings (SSSR count). The van der Waals surface area contributed by atoms with Gasteiger partial charge in [-0.25, -0.2) is 8.42 Å². The maximum absolute atomic E-state index is 12.5. The van der Waals surface area contributed by atoms with Crippen molar-refractivity contribution in [2.24, 2.45) is 0 Å². The van der Waals surface area contributed by atoms with E-state index in [1.165, 1.54) is 4.31 Å². The molecule has 1 aromatic heterocycles. The van der Waals surface area contributed by atoms with Crippen LogP contribution in [-0.2, 0) is 16.6 Å². The number of H-pyrrole nitrogens is 1. The van der Waals surface area contributed by atoms with E-state index in [1.807, 2.05) is 20.8 Å². The summed E-state index contributed by atoms with van der Waals surface area (Å²) in [7, 11) is -1.88. The molecule has 0 aromatic carbocycles. The summed E-state index contributed by atoms with van der Waals surface area (Å²) < 4.78 is 26.5. The first-order chi connectivity index (χ1) is 8.95. The smallest absolute Gasteiger partial charge is 0.260 e. The average molecular weight is 288 g/mol. The largest absolute Gasteiger partial charge is 0.313 e. The third-order valence-corrected chi connectivity index (χ3v) is 5.20. The van der Waals surface area contributed by atoms with Gasteiger partial charge in [-0.05, 0) is 19.9 Å². The van der Waals surface area contributed by atoms with Crippen molar-refractivity contribution in [1.82, 2.24) is 19.8 Å². The molecule has 110 valence electrons. The predicted octanol–water partition coefficient (Wildman–Crippen LogP) is 1.33. The average Bonchev–Trinajstić information content (AvgIpc) is 2.84. The van der Waals surface area contributed by atoms with Crippen LogP contribution in [0.25, 0.3) is 0 Å². The van der Waals surface area contributed by atoms with Gasteiger partial charge in [-0.2, -0.15) is 9.40 Å². The van der Waals surface area contributed by atoms with Crippen molar-refractivity contribution in [1.29, 1.82) is 0 Å². The van der Waals surface area contributed by atoms with Gasteiger partial charge in [-0.15, -0.1) is 0 Å². The SMILES string of the molecule is CCCC(C)N(C)S(=O)(=O)c1[nH]ncc1CNCC. The zero-order valence-electron chi connectivity index (χ0n) is 12.1. The quantitative estimate of drug-likeness (QED) is 0.756. The number of sulfonamides is 1. The maximum Gasteiger partial charge on any atom is 0.260 e. The fourth-order valence-corrected chi connectivity index (χ4v) is 3.38. The summed E-state index contributed by atoms with van der Waals surface area (Å²) >= 11 is 0. The Hall–Kier alpha value is -0.920. The van der Waals surface area contributed by atoms with Gasteiger partial charge in [0, 0.05) is 25.2 Å². The van der Waals surface area contributed by atoms with Crippen molar-refractivity contribution in [3.63, 3.8) is 0 Å². The Morgan fingerprint density at radius 3 is 2.74 bits per heavy atom. The molecule has 2 N–H and O–H groups in total. The van der Waals surface area contributed by atoms with Gasteiger partial charge in [-0.1, -0.05) is 20.3 Å². The highest BCUT2D eigenvalue weighted by molar-refractivity contribution is 7.89. The van der Waals surface area contributed by atoms with E-state index in [2.05, 4.69) is 15.5 Å². The van der Waals surface area contributed by atoms with Gasteiger partial charge < -0.3 is 5.32 Å². The fourth-order valence-electron chi connectivity index (χ4n) is 1.89. The number of hydrogen-bond donors (Lipinski definition) is 2. The van der Waals surface area contributed by atoms with Gasteiger partial charge in [-0.3, -0.25) is 5.10 Å². The molecular formula is C12H24N4O2S. The molecule has 1 atom stereocenters. The summed E-state index contributed by atoms with van der Waals surface area (Å²) in [6.07, 6.45) is 3.36. The lowest BCUT2D eigenvalue weighted by atomic mass is 10.2. The fraction of sp³-hybridized carbons (Fsp3) is 0.750. The number of aromatic amines is 1. The van der Waals surface area contributed by atoms with Crippen molar-refractivity contribution in [3.8, 4) is 0 Å². The summed E-state index contributed by atoms with van der Waals surface area (Å²) in [5.41, 5.74) is 0.678. The van der Waals surface area contributed by atoms with Crippen LogP contribution >= 0.6 is 0 Å². The van der Waals surface area contributed by atoms with E-state index in [0.29, 0.717) is 12.1 Å². The van der Waals surface area contributed by atoms with Crippen molar-refractivity contribution in [2.75, 3.05) is 13.6 Å². The minimum Gasteiger partial charge on any atom is -0.313 e. The molecule has 0 saturated heterocycles. The molecular weight excluding hydrogens is 264 g/mol. The highest BCUT2D eigenvalue weighted by atomic mass is 32.2. The van der Waals surface area contributed by atoms with E-state index in [0.717, 1.165) is 19.4 Å². The van der Waals surface area contributed by atoms with Crippen LogP contribution in [0.1, 0.15) is 39.2 Å². The number of nitrogens with one attached hydrogen (secondary N) is 2. The van der Waals surface area contributed by atoms with E-state index >= 15 is 0 Å². The molecule has 0 saturated carbocycles. The molecule has 6 nitrogen and oxygen atoms in total. The molecule has 0 aliphatic rings. The van der Waals surface area contributed by atoms with E-state index in [1.54, 1.807) is 13.2 Å². The summed E-state index contributed by atoms with van der Waals surface area (Å²) in [4.78, 5) is 0. The second kappa shape index (κ2) is 7.02. The van der Waals surface area contributed by atoms with E-state index in [4.69, 9.17) is 0 Å². The zero-order valence-corrected chi connectivity index (χ0v) is 12.9. The van der Waals surface area contributed by atoms with Crippen LogP contribution < -0.4 is 5.32 Å². The van der Waals surface area contributed by atoms with Crippen LogP contribution in [0.5, 0.6) is 0 Å². The number of hydrogen-bond acceptors (Lipinski definition) is 4. The van der Waals surface area contributed by atoms with Crippen LogP contribution in [0.4, 0.5) is 0 Å². The molecule has 1 unspecified atom stereocenters. The zero-order chi connectivity index (χ0) is 14.5. The number of nitrogens with zero attached hydrogens (tertiary/aromatic N) is 2. The predicted molar refractivity (Wildman–Crippen MR) is 75.3 cm³/mol. The van der Waals surface area contributed by atoms with Gasteiger partial charge in [0.15, 0.2) is 5.03 Å². The molecule has 7 heteroatoms. The molecule has 0 radical (unpaired) electrons. The molecule has 0 bridgehead atoms. The first-order valence-corrected chi connectivity index (χ1v) is 8.10. The maximum atomic E-state index is 12.5. The normalized spacial score (nSPS) is 13.9. The lowest BCUT2D eigenvalue weighted by Crippen LogP contribution is -2.35. The summed E-state index contributed by atoms with van der Waals surface area (Å²) in [5.74, 6) is 0. The Bertz CT molecular complexity index is 484. The molecule has 19 heavy (non-hydrogen) atoms. The van der Waals surface area contributed by atoms with E-state index in [-0.39, 0.29) is 11.1 Å². The van der Waals surface area contributed by atoms with Crippen LogP contribution in [0.15, 0.2) is 11.2 Å². The van der Waals surface area contributed by atoms with Gasteiger partial charge in [0.25, 0.3) is 10.0 Å². The Morgan fingerprint density at radius 2 is 2.16 bits per heavy atom. The Kier molecular flexibility index (Phi) is 5.96. The lowest BCUT2D eigenvalue weighted by molar-refractivity contribution is 0.367. The van der Waals surface area contributed by atoms with Crippen molar-refractivity contribution >= 4 is 10.0 Å². The molecule has 1 heterocycles. The van der Waals surface area contributed by atoms with E-state index in [9.17, 15) is 8.42 Å². The first kappa shape index (κ1) is 16.1. The number of aromatic nitrogens is 2. The lowest BCUT2D eigenvalue weighted by Gasteiger charge is -2.23. The molecule has 0 aliphatic heterocycles. The third-order valence-electron chi connectivity index (χ3n) is 3.21. The standard InChI is InChI=1S/C12H24N4O2S/c1-5-7-10(3)16(4)19(17,18)12-11(8-13-6-2)9-14-15-12/h9-10,13H,5-8H2,1-4H3,(H,14,15). The van der Waals surface area contributed by atoms with Crippen LogP contribution in [-0.4, -0.2) is 42.6 Å². The molecule has 0 aliphatic carbocycles. The van der Waals surface area contributed by atoms with Gasteiger partial charge >= 0.3 is 0 Å². The highest BCUT2D eigenvalue weighted by Gasteiger charge is 2.28. The summed E-state index contributed by atoms with van der Waals surface area (Å²) in [5, 5.41) is 9.78. The monoisotopic (exact) mass is 288 g/mol. The second-order valence-electron chi connectivity index (χ2n) is 4.66. The molecule has 0 spiro atoms. The summed E-state index contributed by atoms with van der Waals surface area (Å²) in [6.45, 7) is 7.22. The van der Waals surface area contributed by atoms with Crippen LogP contribution in [0, 0.1) is 0 Å². The first-order valence-electron chi connectivity index (χ1n) is 6.66. The Balaban J connectivity index is 2.96. The second-order valence-corrected chi connectivity index (χ2v) is 6.60. The van der Waals surface area contributed by atoms with Crippen LogP contribution in [0.3, 0.4) is 0 Å². The molecule has 0 amide bonds. The van der Waals surface area contributed by atoms with Crippen LogP contribution in [0.2, 0.25) is 0 Å². The molecule has 1 aromatic rings. The Labute approximate surface area is 115 Å². The minimum atomic E-state index is -3.50. The van der Waals surface area contributed by atoms with Crippen molar-refractivity contribution in [3.05, 3.63) is 11.8 Å². The van der Waals surface area contributed by atoms with Gasteiger partial charge in [0.05, 0.1) is 6.20 Å². The van der Waals surface area contributed by atoms with Gasteiger partial charge in [0.2, 0.25) is 0 Å². The highest BCUT2D eigenvalue weighted by Crippen LogP contribution is 2.19. The molecule has 0 fully saturated rings.